The number of anilines is 2. The number of hydrogen-bond donors (Lipinski definition) is 1. The molecule has 7 nitrogen and oxygen atoms in total. The summed E-state index contributed by atoms with van der Waals surface area (Å²) in [5.41, 5.74) is 5.81. The van der Waals surface area contributed by atoms with Gasteiger partial charge in [-0.1, -0.05) is 48.2 Å². The highest BCUT2D eigenvalue weighted by atomic mass is 32.2. The largest absolute Gasteiger partial charge is 0.493 e. The Balaban J connectivity index is 1.36. The zero-order valence-electron chi connectivity index (χ0n) is 19.3. The Labute approximate surface area is 202 Å². The number of ether oxygens (including phenoxy) is 2. The van der Waals surface area contributed by atoms with Crippen molar-refractivity contribution in [2.75, 3.05) is 31.8 Å². The van der Waals surface area contributed by atoms with Crippen LogP contribution in [0, 0.1) is 6.92 Å². The van der Waals surface area contributed by atoms with Crippen molar-refractivity contribution in [2.45, 2.75) is 37.6 Å². The monoisotopic (exact) mass is 484 g/mol. The third-order valence-electron chi connectivity index (χ3n) is 5.77. The van der Waals surface area contributed by atoms with Crippen molar-refractivity contribution in [3.8, 4) is 11.5 Å². The fraction of sp³-hybridized carbons (Fsp3) is 0.375. The van der Waals surface area contributed by atoms with Gasteiger partial charge in [0, 0.05) is 18.8 Å². The molecule has 9 heteroatoms. The molecule has 1 aliphatic heterocycles. The van der Waals surface area contributed by atoms with Crippen LogP contribution < -0.4 is 14.8 Å². The van der Waals surface area contributed by atoms with Gasteiger partial charge in [0.25, 0.3) is 0 Å². The summed E-state index contributed by atoms with van der Waals surface area (Å²) >= 11 is 2.90. The predicted molar refractivity (Wildman–Crippen MR) is 133 cm³/mol. The van der Waals surface area contributed by atoms with E-state index in [1.807, 2.05) is 17.0 Å². The fourth-order valence-corrected chi connectivity index (χ4v) is 5.60. The van der Waals surface area contributed by atoms with E-state index in [0.29, 0.717) is 24.6 Å². The van der Waals surface area contributed by atoms with Crippen molar-refractivity contribution < 1.29 is 14.3 Å². The van der Waals surface area contributed by atoms with Crippen LogP contribution in [0.2, 0.25) is 0 Å². The smallest absolute Gasteiger partial charge is 0.233 e. The molecule has 0 saturated carbocycles. The van der Waals surface area contributed by atoms with Gasteiger partial charge in [0.15, 0.2) is 15.8 Å². The number of aromatic nitrogens is 2. The molecular weight excluding hydrogens is 456 g/mol. The molecule has 1 aliphatic rings. The maximum absolute atomic E-state index is 12.9. The number of carbonyl (C=O) groups excluding carboxylic acids is 1. The highest BCUT2D eigenvalue weighted by Gasteiger charge is 2.23. The van der Waals surface area contributed by atoms with Crippen molar-refractivity contribution in [2.24, 2.45) is 0 Å². The Morgan fingerprint density at radius 2 is 1.94 bits per heavy atom. The van der Waals surface area contributed by atoms with Gasteiger partial charge < -0.3 is 19.7 Å². The van der Waals surface area contributed by atoms with Crippen LogP contribution in [0.5, 0.6) is 11.5 Å². The van der Waals surface area contributed by atoms with Crippen molar-refractivity contribution in [1.29, 1.82) is 0 Å². The average molecular weight is 485 g/mol. The number of para-hydroxylation sites is 1. The van der Waals surface area contributed by atoms with Crippen molar-refractivity contribution in [3.63, 3.8) is 0 Å². The van der Waals surface area contributed by atoms with E-state index < -0.39 is 0 Å². The molecule has 1 N–H and O–H groups in total. The Hall–Kier alpha value is -2.78. The summed E-state index contributed by atoms with van der Waals surface area (Å²) in [7, 11) is 3.26. The van der Waals surface area contributed by atoms with Crippen LogP contribution in [0.25, 0.3) is 0 Å². The number of nitrogens with zero attached hydrogens (tertiary/aromatic N) is 3. The minimum Gasteiger partial charge on any atom is -0.493 e. The standard InChI is InChI=1S/C24H28N4O3S2/c1-5-16-8-6-7-15(2)22(16)25-23-26-27-24(33-23)32-14-21(29)28-10-9-17-11-19(30-3)20(31-4)12-18(17)13-28/h6-8,11-12H,5,9-10,13-14H2,1-4H3,(H,25,26). The lowest BCUT2D eigenvalue weighted by Gasteiger charge is -2.29. The second-order valence-electron chi connectivity index (χ2n) is 7.79. The van der Waals surface area contributed by atoms with Gasteiger partial charge in [0.2, 0.25) is 11.0 Å². The van der Waals surface area contributed by atoms with Gasteiger partial charge in [0.05, 0.1) is 20.0 Å². The summed E-state index contributed by atoms with van der Waals surface area (Å²) in [6.07, 6.45) is 1.74. The molecule has 0 radical (unpaired) electrons. The summed E-state index contributed by atoms with van der Waals surface area (Å²) in [6.45, 7) is 5.49. The van der Waals surface area contributed by atoms with Gasteiger partial charge >= 0.3 is 0 Å². The topological polar surface area (TPSA) is 76.6 Å². The van der Waals surface area contributed by atoms with Crippen LogP contribution in [-0.2, 0) is 24.2 Å². The van der Waals surface area contributed by atoms with E-state index in [2.05, 4.69) is 47.6 Å². The van der Waals surface area contributed by atoms with E-state index in [0.717, 1.165) is 39.3 Å². The minimum atomic E-state index is 0.0947. The molecular formula is C24H28N4O3S2. The molecule has 0 aliphatic carbocycles. The molecule has 0 unspecified atom stereocenters. The van der Waals surface area contributed by atoms with E-state index in [1.165, 1.54) is 39.8 Å². The summed E-state index contributed by atoms with van der Waals surface area (Å²) in [6, 6.07) is 10.3. The first-order chi connectivity index (χ1) is 16.0. The lowest BCUT2D eigenvalue weighted by molar-refractivity contribution is -0.129. The molecule has 0 atom stereocenters. The van der Waals surface area contributed by atoms with Crippen LogP contribution in [0.1, 0.15) is 29.2 Å². The predicted octanol–water partition coefficient (Wildman–Crippen LogP) is 4.85. The average Bonchev–Trinajstić information content (AvgIpc) is 3.29. The molecule has 0 saturated heterocycles. The van der Waals surface area contributed by atoms with Gasteiger partial charge in [-0.2, -0.15) is 0 Å². The number of hydrogen-bond acceptors (Lipinski definition) is 8. The molecule has 4 rings (SSSR count). The first-order valence-corrected chi connectivity index (χ1v) is 12.7. The maximum Gasteiger partial charge on any atom is 0.233 e. The summed E-state index contributed by atoms with van der Waals surface area (Å²) < 4.78 is 11.6. The van der Waals surface area contributed by atoms with E-state index in [1.54, 1.807) is 14.2 Å². The van der Waals surface area contributed by atoms with Crippen molar-refractivity contribution in [1.82, 2.24) is 15.1 Å². The maximum atomic E-state index is 12.9. The Morgan fingerprint density at radius 3 is 2.67 bits per heavy atom. The van der Waals surface area contributed by atoms with Gasteiger partial charge in [0.1, 0.15) is 0 Å². The lowest BCUT2D eigenvalue weighted by atomic mass is 9.99. The van der Waals surface area contributed by atoms with Crippen LogP contribution in [0.3, 0.4) is 0 Å². The third kappa shape index (κ3) is 5.25. The SMILES string of the molecule is CCc1cccc(C)c1Nc1nnc(SCC(=O)N2CCc3cc(OC)c(OC)cc3C2)s1. The zero-order valence-corrected chi connectivity index (χ0v) is 20.9. The number of rotatable bonds is 8. The van der Waals surface area contributed by atoms with Gasteiger partial charge in [-0.3, -0.25) is 4.79 Å². The normalized spacial score (nSPS) is 12.9. The first kappa shape index (κ1) is 23.4. The van der Waals surface area contributed by atoms with Crippen LogP contribution in [-0.4, -0.2) is 47.5 Å². The van der Waals surface area contributed by atoms with Gasteiger partial charge in [-0.25, -0.2) is 0 Å². The number of nitrogens with one attached hydrogen (secondary N) is 1. The number of thioether (sulfide) groups is 1. The molecule has 1 aromatic heterocycles. The lowest BCUT2D eigenvalue weighted by Crippen LogP contribution is -2.37. The molecule has 2 heterocycles. The number of methoxy groups -OCH3 is 2. The first-order valence-electron chi connectivity index (χ1n) is 10.9. The summed E-state index contributed by atoms with van der Waals surface area (Å²) in [4.78, 5) is 14.8. The molecule has 0 bridgehead atoms. The molecule has 0 fully saturated rings. The van der Waals surface area contributed by atoms with Gasteiger partial charge in [-0.15, -0.1) is 10.2 Å². The van der Waals surface area contributed by atoms with Crippen LogP contribution in [0.15, 0.2) is 34.7 Å². The highest BCUT2D eigenvalue weighted by molar-refractivity contribution is 8.01. The Kier molecular flexibility index (Phi) is 7.39. The quantitative estimate of drug-likeness (QED) is 0.458. The number of amides is 1. The number of benzene rings is 2. The van der Waals surface area contributed by atoms with E-state index in [4.69, 9.17) is 9.47 Å². The molecule has 3 aromatic rings. The van der Waals surface area contributed by atoms with Gasteiger partial charge in [-0.05, 0) is 54.2 Å². The van der Waals surface area contributed by atoms with E-state index in [-0.39, 0.29) is 5.91 Å². The van der Waals surface area contributed by atoms with Crippen LogP contribution in [0.4, 0.5) is 10.8 Å². The fourth-order valence-electron chi connectivity index (χ4n) is 3.94. The van der Waals surface area contributed by atoms with E-state index >= 15 is 0 Å². The van der Waals surface area contributed by atoms with Crippen molar-refractivity contribution in [3.05, 3.63) is 52.6 Å². The minimum absolute atomic E-state index is 0.0947. The number of fused-ring (bicyclic) bond motifs is 1. The molecule has 0 spiro atoms. The molecule has 2 aromatic carbocycles. The Bertz CT molecular complexity index is 1150. The zero-order chi connectivity index (χ0) is 23.4. The summed E-state index contributed by atoms with van der Waals surface area (Å²) in [5, 5.41) is 12.7. The third-order valence-corrected chi connectivity index (χ3v) is 7.73. The molecule has 174 valence electrons. The molecule has 1 amide bonds. The molecule has 33 heavy (non-hydrogen) atoms. The van der Waals surface area contributed by atoms with Crippen LogP contribution >= 0.6 is 23.1 Å². The summed E-state index contributed by atoms with van der Waals surface area (Å²) in [5.74, 6) is 1.84. The number of aryl methyl sites for hydroxylation is 2. The second kappa shape index (κ2) is 10.4. The van der Waals surface area contributed by atoms with Crippen molar-refractivity contribution >= 4 is 39.8 Å². The highest BCUT2D eigenvalue weighted by Crippen LogP contribution is 2.34. The second-order valence-corrected chi connectivity index (χ2v) is 9.99. The Morgan fingerprint density at radius 1 is 1.18 bits per heavy atom. The number of carbonyl (C=O) groups is 1. The van der Waals surface area contributed by atoms with E-state index in [9.17, 15) is 4.79 Å².